The molecule has 0 radical (unpaired) electrons. The standard InChI is InChI=1S/C9H6BrF2NO2/c10-4-5-1-2-7-6(3-5)13-9(14-7)15-8(11)12/h1-3,8H,4H2. The van der Waals surface area contributed by atoms with Crippen molar-refractivity contribution in [2.75, 3.05) is 0 Å². The van der Waals surface area contributed by atoms with Gasteiger partial charge in [-0.25, -0.2) is 0 Å². The van der Waals surface area contributed by atoms with Crippen LogP contribution in [0.2, 0.25) is 0 Å². The van der Waals surface area contributed by atoms with Crippen LogP contribution in [0, 0.1) is 0 Å². The van der Waals surface area contributed by atoms with E-state index in [4.69, 9.17) is 4.42 Å². The first-order valence-corrected chi connectivity index (χ1v) is 5.21. The van der Waals surface area contributed by atoms with Crippen LogP contribution >= 0.6 is 15.9 Å². The molecule has 2 rings (SSSR count). The molecule has 0 aliphatic heterocycles. The van der Waals surface area contributed by atoms with E-state index in [1.807, 2.05) is 6.07 Å². The third-order valence-electron chi connectivity index (χ3n) is 1.78. The highest BCUT2D eigenvalue weighted by molar-refractivity contribution is 9.08. The van der Waals surface area contributed by atoms with Crippen molar-refractivity contribution in [2.24, 2.45) is 0 Å². The van der Waals surface area contributed by atoms with Gasteiger partial charge in [-0.2, -0.15) is 13.8 Å². The molecule has 0 amide bonds. The largest absolute Gasteiger partial charge is 0.409 e. The Kier molecular flexibility index (Phi) is 2.86. The second kappa shape index (κ2) is 4.14. The lowest BCUT2D eigenvalue weighted by atomic mass is 10.2. The summed E-state index contributed by atoms with van der Waals surface area (Å²) in [6.07, 6.45) is -0.410. The molecule has 0 fully saturated rings. The van der Waals surface area contributed by atoms with Crippen molar-refractivity contribution in [3.63, 3.8) is 0 Å². The Morgan fingerprint density at radius 3 is 2.93 bits per heavy atom. The minimum absolute atomic E-state index is 0.410. The van der Waals surface area contributed by atoms with Gasteiger partial charge in [0.25, 0.3) is 0 Å². The Bertz CT molecular complexity index is 472. The van der Waals surface area contributed by atoms with Crippen LogP contribution < -0.4 is 4.74 Å². The lowest BCUT2D eigenvalue weighted by Crippen LogP contribution is -2.01. The maximum atomic E-state index is 11.9. The molecular weight excluding hydrogens is 272 g/mol. The third kappa shape index (κ3) is 2.26. The molecule has 3 nitrogen and oxygen atoms in total. The lowest BCUT2D eigenvalue weighted by molar-refractivity contribution is -0.0664. The van der Waals surface area contributed by atoms with Crippen molar-refractivity contribution >= 4 is 27.0 Å². The van der Waals surface area contributed by atoms with Crippen molar-refractivity contribution < 1.29 is 17.9 Å². The van der Waals surface area contributed by atoms with Crippen LogP contribution in [-0.4, -0.2) is 11.6 Å². The molecule has 0 saturated heterocycles. The average Bonchev–Trinajstić information content (AvgIpc) is 2.57. The van der Waals surface area contributed by atoms with Gasteiger partial charge in [0.2, 0.25) is 0 Å². The van der Waals surface area contributed by atoms with Crippen molar-refractivity contribution in [3.05, 3.63) is 23.8 Å². The monoisotopic (exact) mass is 277 g/mol. The normalized spacial score (nSPS) is 11.2. The summed E-state index contributed by atoms with van der Waals surface area (Å²) in [5.41, 5.74) is 1.91. The zero-order valence-electron chi connectivity index (χ0n) is 7.41. The molecule has 0 atom stereocenters. The summed E-state index contributed by atoms with van der Waals surface area (Å²) in [5.74, 6) is 0. The first kappa shape index (κ1) is 10.4. The average molecular weight is 278 g/mol. The van der Waals surface area contributed by atoms with Crippen molar-refractivity contribution in [3.8, 4) is 6.08 Å². The lowest BCUT2D eigenvalue weighted by Gasteiger charge is -1.94. The molecule has 80 valence electrons. The number of hydrogen-bond acceptors (Lipinski definition) is 3. The van der Waals surface area contributed by atoms with Gasteiger partial charge in [-0.15, -0.1) is 0 Å². The summed E-state index contributed by atoms with van der Waals surface area (Å²) in [4.78, 5) is 3.77. The SMILES string of the molecule is FC(F)Oc1nc2cc(CBr)ccc2o1. The highest BCUT2D eigenvalue weighted by Gasteiger charge is 2.11. The van der Waals surface area contributed by atoms with E-state index >= 15 is 0 Å². The summed E-state index contributed by atoms with van der Waals surface area (Å²) in [7, 11) is 0. The van der Waals surface area contributed by atoms with E-state index in [1.54, 1.807) is 12.1 Å². The Balaban J connectivity index is 2.37. The van der Waals surface area contributed by atoms with E-state index in [0.717, 1.165) is 5.56 Å². The zero-order valence-corrected chi connectivity index (χ0v) is 9.00. The molecule has 1 heterocycles. The van der Waals surface area contributed by atoms with Crippen LogP contribution in [0.5, 0.6) is 6.08 Å². The van der Waals surface area contributed by atoms with Crippen molar-refractivity contribution in [1.29, 1.82) is 0 Å². The number of rotatable bonds is 3. The second-order valence-electron chi connectivity index (χ2n) is 2.79. The number of aromatic nitrogens is 1. The number of nitrogens with zero attached hydrogens (tertiary/aromatic N) is 1. The third-order valence-corrected chi connectivity index (χ3v) is 2.42. The molecule has 1 aromatic carbocycles. The molecule has 0 unspecified atom stereocenters. The van der Waals surface area contributed by atoms with Crippen LogP contribution in [0.3, 0.4) is 0 Å². The first-order valence-electron chi connectivity index (χ1n) is 4.09. The fourth-order valence-corrected chi connectivity index (χ4v) is 1.51. The summed E-state index contributed by atoms with van der Waals surface area (Å²) < 4.78 is 32.7. The number of halogens is 3. The van der Waals surface area contributed by atoms with E-state index in [9.17, 15) is 8.78 Å². The predicted molar refractivity (Wildman–Crippen MR) is 53.3 cm³/mol. The first-order chi connectivity index (χ1) is 7.19. The van der Waals surface area contributed by atoms with Gasteiger partial charge in [0, 0.05) is 5.33 Å². The topological polar surface area (TPSA) is 35.3 Å². The predicted octanol–water partition coefficient (Wildman–Crippen LogP) is 3.32. The van der Waals surface area contributed by atoms with Crippen LogP contribution in [0.4, 0.5) is 8.78 Å². The van der Waals surface area contributed by atoms with Gasteiger partial charge in [0.15, 0.2) is 5.58 Å². The van der Waals surface area contributed by atoms with Crippen molar-refractivity contribution in [2.45, 2.75) is 11.9 Å². The highest BCUT2D eigenvalue weighted by atomic mass is 79.9. The zero-order chi connectivity index (χ0) is 10.8. The summed E-state index contributed by atoms with van der Waals surface area (Å²) in [6.45, 7) is -2.92. The molecular formula is C9H6BrF2NO2. The number of fused-ring (bicyclic) bond motifs is 1. The molecule has 0 spiro atoms. The Morgan fingerprint density at radius 1 is 1.47 bits per heavy atom. The maximum absolute atomic E-state index is 11.9. The number of ether oxygens (including phenoxy) is 1. The highest BCUT2D eigenvalue weighted by Crippen LogP contribution is 2.23. The van der Waals surface area contributed by atoms with Crippen LogP contribution in [-0.2, 0) is 5.33 Å². The number of oxazole rings is 1. The Morgan fingerprint density at radius 2 is 2.27 bits per heavy atom. The van der Waals surface area contributed by atoms with E-state index in [0.29, 0.717) is 16.4 Å². The van der Waals surface area contributed by atoms with E-state index in [-0.39, 0.29) is 0 Å². The quantitative estimate of drug-likeness (QED) is 0.808. The van der Waals surface area contributed by atoms with Crippen LogP contribution in [0.25, 0.3) is 11.1 Å². The number of benzene rings is 1. The molecule has 0 N–H and O–H groups in total. The Labute approximate surface area is 92.2 Å². The fraction of sp³-hybridized carbons (Fsp3) is 0.222. The van der Waals surface area contributed by atoms with Gasteiger partial charge >= 0.3 is 12.7 Å². The number of hydrogen-bond donors (Lipinski definition) is 0. The summed E-state index contributed by atoms with van der Waals surface area (Å²) in [6, 6.07) is 5.22. The summed E-state index contributed by atoms with van der Waals surface area (Å²) in [5, 5.41) is 0.667. The van der Waals surface area contributed by atoms with E-state index in [2.05, 4.69) is 25.7 Å². The maximum Gasteiger partial charge on any atom is 0.399 e. The smallest absolute Gasteiger partial charge is 0.399 e. The second-order valence-corrected chi connectivity index (χ2v) is 3.35. The van der Waals surface area contributed by atoms with Crippen molar-refractivity contribution in [1.82, 2.24) is 4.98 Å². The van der Waals surface area contributed by atoms with Gasteiger partial charge in [-0.3, -0.25) is 0 Å². The molecule has 0 aliphatic carbocycles. The van der Waals surface area contributed by atoms with Gasteiger partial charge in [-0.05, 0) is 17.7 Å². The molecule has 15 heavy (non-hydrogen) atoms. The summed E-state index contributed by atoms with van der Waals surface area (Å²) >= 11 is 3.28. The molecule has 6 heteroatoms. The van der Waals surface area contributed by atoms with E-state index < -0.39 is 12.7 Å². The molecule has 0 aliphatic rings. The van der Waals surface area contributed by atoms with Crippen LogP contribution in [0.15, 0.2) is 22.6 Å². The molecule has 0 bridgehead atoms. The molecule has 1 aromatic heterocycles. The van der Waals surface area contributed by atoms with Gasteiger partial charge < -0.3 is 9.15 Å². The minimum Gasteiger partial charge on any atom is -0.409 e. The van der Waals surface area contributed by atoms with Crippen LogP contribution in [0.1, 0.15) is 5.56 Å². The Hall–Kier alpha value is -1.17. The van der Waals surface area contributed by atoms with Gasteiger partial charge in [0.1, 0.15) is 5.52 Å². The van der Waals surface area contributed by atoms with E-state index in [1.165, 1.54) is 0 Å². The molecule has 2 aromatic rings. The van der Waals surface area contributed by atoms with Gasteiger partial charge in [0.05, 0.1) is 0 Å². The minimum atomic E-state index is -2.92. The number of alkyl halides is 3. The molecule has 0 saturated carbocycles. The van der Waals surface area contributed by atoms with Gasteiger partial charge in [-0.1, -0.05) is 22.0 Å². The fourth-order valence-electron chi connectivity index (χ4n) is 1.16.